The summed E-state index contributed by atoms with van der Waals surface area (Å²) in [5.74, 6) is -0.350. The Morgan fingerprint density at radius 1 is 1.21 bits per heavy atom. The van der Waals surface area contributed by atoms with Crippen molar-refractivity contribution in [3.63, 3.8) is 0 Å². The Kier molecular flexibility index (Phi) is 6.98. The third-order valence-corrected chi connectivity index (χ3v) is 6.69. The first kappa shape index (κ1) is 23.9. The van der Waals surface area contributed by atoms with E-state index in [4.69, 9.17) is 0 Å². The van der Waals surface area contributed by atoms with E-state index in [1.165, 1.54) is 41.8 Å². The summed E-state index contributed by atoms with van der Waals surface area (Å²) in [5.41, 5.74) is 6.25. The zero-order valence-electron chi connectivity index (χ0n) is 20.4. The van der Waals surface area contributed by atoms with Crippen molar-refractivity contribution in [3.8, 4) is 0 Å². The molecule has 1 unspecified atom stereocenters. The minimum Gasteiger partial charge on any atom is -0.466 e. The Labute approximate surface area is 201 Å². The summed E-state index contributed by atoms with van der Waals surface area (Å²) in [5, 5.41) is 4.28. The molecule has 1 aromatic heterocycles. The van der Waals surface area contributed by atoms with E-state index in [9.17, 15) is 9.70 Å². The van der Waals surface area contributed by atoms with Crippen molar-refractivity contribution in [2.75, 3.05) is 20.2 Å². The summed E-state index contributed by atoms with van der Waals surface area (Å²) in [6.07, 6.45) is 6.49. The Bertz CT molecular complexity index is 1200. The molecule has 0 radical (unpaired) electrons. The molecule has 4 rings (SSSR count). The average molecular weight is 460 g/mol. The monoisotopic (exact) mass is 459 g/mol. The third kappa shape index (κ3) is 5.12. The van der Waals surface area contributed by atoms with Crippen LogP contribution in [0.4, 0.5) is 5.69 Å². The van der Waals surface area contributed by atoms with Crippen molar-refractivity contribution in [1.82, 2.24) is 9.88 Å². The van der Waals surface area contributed by atoms with Crippen molar-refractivity contribution < 1.29 is 9.53 Å². The number of esters is 1. The van der Waals surface area contributed by atoms with Gasteiger partial charge in [0.05, 0.1) is 7.11 Å². The number of hydrogen-bond acceptors (Lipinski definition) is 5. The molecule has 1 fully saturated rings. The number of hydrogen-bond donors (Lipinski definition) is 1. The second-order valence-corrected chi connectivity index (χ2v) is 10.0. The lowest BCUT2D eigenvalue weighted by Crippen LogP contribution is -2.26. The number of nitrogens with one attached hydrogen (secondary N) is 1. The highest BCUT2D eigenvalue weighted by molar-refractivity contribution is 5.88. The van der Waals surface area contributed by atoms with Gasteiger partial charge < -0.3 is 9.72 Å². The van der Waals surface area contributed by atoms with Gasteiger partial charge >= 0.3 is 5.97 Å². The lowest BCUT2D eigenvalue weighted by atomic mass is 9.88. The number of rotatable bonds is 7. The zero-order valence-corrected chi connectivity index (χ0v) is 20.4. The van der Waals surface area contributed by atoms with Crippen molar-refractivity contribution in [1.29, 1.82) is 0 Å². The Morgan fingerprint density at radius 3 is 2.65 bits per heavy atom. The predicted octanol–water partition coefficient (Wildman–Crippen LogP) is 6.43. The normalized spacial score (nSPS) is 17.0. The van der Waals surface area contributed by atoms with Gasteiger partial charge in [0.1, 0.15) is 5.69 Å². The third-order valence-electron chi connectivity index (χ3n) is 6.69. The van der Waals surface area contributed by atoms with E-state index >= 15 is 0 Å². The van der Waals surface area contributed by atoms with Gasteiger partial charge in [-0.3, -0.25) is 4.90 Å². The number of aromatic amines is 1. The molecule has 0 bridgehead atoms. The van der Waals surface area contributed by atoms with Crippen LogP contribution in [-0.2, 0) is 21.4 Å². The summed E-state index contributed by atoms with van der Waals surface area (Å²) in [6.45, 7) is 8.71. The molecule has 2 aromatic carbocycles. The van der Waals surface area contributed by atoms with Crippen molar-refractivity contribution in [2.45, 2.75) is 51.5 Å². The number of likely N-dealkylation sites (tertiary alicyclic amines) is 1. The molecule has 2 heterocycles. The fourth-order valence-electron chi connectivity index (χ4n) is 4.99. The van der Waals surface area contributed by atoms with Gasteiger partial charge in [-0.05, 0) is 65.9 Å². The van der Waals surface area contributed by atoms with Crippen molar-refractivity contribution in [2.24, 2.45) is 5.18 Å². The van der Waals surface area contributed by atoms with E-state index in [1.807, 2.05) is 12.1 Å². The van der Waals surface area contributed by atoms with Crippen LogP contribution < -0.4 is 0 Å². The first-order valence-corrected chi connectivity index (χ1v) is 11.9. The molecule has 0 saturated carbocycles. The summed E-state index contributed by atoms with van der Waals surface area (Å²) in [4.78, 5) is 28.5. The SMILES string of the molecule is COC(=O)/C=C/c1ccc(C2CCCN2CCc2c(C(C)(C)C)[nH]c3cc(N=O)ccc23)cc1. The van der Waals surface area contributed by atoms with Crippen LogP contribution in [0.3, 0.4) is 0 Å². The van der Waals surface area contributed by atoms with Crippen LogP contribution >= 0.6 is 0 Å². The van der Waals surface area contributed by atoms with E-state index < -0.39 is 0 Å². The molecule has 1 aliphatic heterocycles. The number of ether oxygens (including phenoxy) is 1. The van der Waals surface area contributed by atoms with Gasteiger partial charge in [0.2, 0.25) is 0 Å². The van der Waals surface area contributed by atoms with E-state index in [2.05, 4.69) is 64.8 Å². The van der Waals surface area contributed by atoms with Crippen LogP contribution in [0, 0.1) is 4.91 Å². The highest BCUT2D eigenvalue weighted by Crippen LogP contribution is 2.36. The molecule has 0 spiro atoms. The van der Waals surface area contributed by atoms with Gasteiger partial charge in [-0.1, -0.05) is 51.1 Å². The van der Waals surface area contributed by atoms with E-state index in [1.54, 1.807) is 12.1 Å². The molecule has 0 aliphatic carbocycles. The molecule has 178 valence electrons. The predicted molar refractivity (Wildman–Crippen MR) is 137 cm³/mol. The topological polar surface area (TPSA) is 74.8 Å². The van der Waals surface area contributed by atoms with Gasteiger partial charge in [0, 0.05) is 40.7 Å². The molecule has 1 atom stereocenters. The van der Waals surface area contributed by atoms with Gasteiger partial charge in [-0.25, -0.2) is 4.79 Å². The minimum atomic E-state index is -0.350. The number of methoxy groups -OCH3 is 1. The number of aromatic nitrogens is 1. The smallest absolute Gasteiger partial charge is 0.330 e. The number of fused-ring (bicyclic) bond motifs is 1. The van der Waals surface area contributed by atoms with Crippen LogP contribution in [0.1, 0.15) is 62.0 Å². The Balaban J connectivity index is 1.53. The van der Waals surface area contributed by atoms with Crippen molar-refractivity contribution in [3.05, 3.63) is 75.8 Å². The Hall–Kier alpha value is -3.25. The summed E-state index contributed by atoms with van der Waals surface area (Å²) < 4.78 is 4.66. The molecular weight excluding hydrogens is 426 g/mol. The molecular formula is C28H33N3O3. The highest BCUT2D eigenvalue weighted by atomic mass is 16.5. The molecule has 0 amide bonds. The van der Waals surface area contributed by atoms with Crippen LogP contribution in [0.15, 0.2) is 53.7 Å². The number of benzene rings is 2. The number of carbonyl (C=O) groups is 1. The number of nitroso groups, excluding NO2 is 1. The second kappa shape index (κ2) is 9.94. The molecule has 6 heteroatoms. The first-order valence-electron chi connectivity index (χ1n) is 11.9. The zero-order chi connectivity index (χ0) is 24.3. The van der Waals surface area contributed by atoms with E-state index in [-0.39, 0.29) is 11.4 Å². The fourth-order valence-corrected chi connectivity index (χ4v) is 4.99. The second-order valence-electron chi connectivity index (χ2n) is 10.0. The quantitative estimate of drug-likeness (QED) is 0.251. The maximum absolute atomic E-state index is 11.3. The van der Waals surface area contributed by atoms with Gasteiger partial charge in [-0.2, -0.15) is 0 Å². The summed E-state index contributed by atoms with van der Waals surface area (Å²) >= 11 is 0. The van der Waals surface area contributed by atoms with Gasteiger partial charge in [0.25, 0.3) is 0 Å². The van der Waals surface area contributed by atoms with Crippen LogP contribution in [0.5, 0.6) is 0 Å². The molecule has 6 nitrogen and oxygen atoms in total. The minimum absolute atomic E-state index is 0.0267. The fraction of sp³-hybridized carbons (Fsp3) is 0.393. The van der Waals surface area contributed by atoms with E-state index in [0.29, 0.717) is 11.7 Å². The summed E-state index contributed by atoms with van der Waals surface area (Å²) in [6, 6.07) is 14.5. The van der Waals surface area contributed by atoms with Gasteiger partial charge in [-0.15, -0.1) is 4.91 Å². The van der Waals surface area contributed by atoms with E-state index in [0.717, 1.165) is 37.0 Å². The van der Waals surface area contributed by atoms with Crippen LogP contribution in [0.2, 0.25) is 0 Å². The largest absolute Gasteiger partial charge is 0.466 e. The highest BCUT2D eigenvalue weighted by Gasteiger charge is 2.28. The van der Waals surface area contributed by atoms with Crippen LogP contribution in [-0.4, -0.2) is 36.1 Å². The number of H-pyrrole nitrogens is 1. The number of nitrogens with zero attached hydrogens (tertiary/aromatic N) is 2. The maximum Gasteiger partial charge on any atom is 0.330 e. The number of carbonyl (C=O) groups excluding carboxylic acids is 1. The molecule has 1 N–H and O–H groups in total. The molecule has 1 saturated heterocycles. The molecule has 3 aromatic rings. The summed E-state index contributed by atoms with van der Waals surface area (Å²) in [7, 11) is 1.38. The Morgan fingerprint density at radius 2 is 1.97 bits per heavy atom. The molecule has 34 heavy (non-hydrogen) atoms. The average Bonchev–Trinajstić information content (AvgIpc) is 3.45. The first-order chi connectivity index (χ1) is 16.3. The van der Waals surface area contributed by atoms with Crippen molar-refractivity contribution >= 4 is 28.6 Å². The van der Waals surface area contributed by atoms with Crippen LogP contribution in [0.25, 0.3) is 17.0 Å². The maximum atomic E-state index is 11.3. The lowest BCUT2D eigenvalue weighted by molar-refractivity contribution is -0.134. The van der Waals surface area contributed by atoms with Gasteiger partial charge in [0.15, 0.2) is 0 Å². The molecule has 1 aliphatic rings. The standard InChI is InChI=1S/C28H33N3O3/c1-28(2,3)27-23(22-13-12-21(30-33)18-24(22)29-27)15-17-31-16-5-6-25(31)20-10-7-19(8-11-20)9-14-26(32)34-4/h7-14,18,25,29H,5-6,15-17H2,1-4H3/b14-9+. The lowest BCUT2D eigenvalue weighted by Gasteiger charge is -2.26.